The highest BCUT2D eigenvalue weighted by atomic mass is 16.5. The number of aromatic amines is 1. The summed E-state index contributed by atoms with van der Waals surface area (Å²) in [6.07, 6.45) is 0. The molecule has 1 amide bonds. The Morgan fingerprint density at radius 1 is 1.12 bits per heavy atom. The van der Waals surface area contributed by atoms with Gasteiger partial charge in [-0.2, -0.15) is 0 Å². The van der Waals surface area contributed by atoms with Crippen molar-refractivity contribution in [3.63, 3.8) is 0 Å². The van der Waals surface area contributed by atoms with Gasteiger partial charge in [0.2, 0.25) is 0 Å². The van der Waals surface area contributed by atoms with Gasteiger partial charge in [-0.25, -0.2) is 9.78 Å². The van der Waals surface area contributed by atoms with E-state index in [4.69, 9.17) is 4.74 Å². The molecule has 0 aliphatic heterocycles. The lowest BCUT2D eigenvalue weighted by atomic mass is 10.2. The molecule has 2 N–H and O–H groups in total. The van der Waals surface area contributed by atoms with Gasteiger partial charge in [0.1, 0.15) is 0 Å². The van der Waals surface area contributed by atoms with Crippen LogP contribution in [0.5, 0.6) is 0 Å². The number of H-pyrrole nitrogens is 1. The summed E-state index contributed by atoms with van der Waals surface area (Å²) in [7, 11) is 0. The van der Waals surface area contributed by atoms with Crippen molar-refractivity contribution in [1.82, 2.24) is 9.97 Å². The van der Waals surface area contributed by atoms with Crippen molar-refractivity contribution in [2.24, 2.45) is 0 Å². The van der Waals surface area contributed by atoms with Crippen LogP contribution in [0, 0.1) is 0 Å². The van der Waals surface area contributed by atoms with Crippen molar-refractivity contribution in [2.45, 2.75) is 6.92 Å². The zero-order valence-electron chi connectivity index (χ0n) is 13.4. The number of hydrogen-bond donors (Lipinski definition) is 2. The number of aromatic nitrogens is 2. The molecule has 3 rings (SSSR count). The summed E-state index contributed by atoms with van der Waals surface area (Å²) >= 11 is 0. The Bertz CT molecular complexity index is 993. The van der Waals surface area contributed by atoms with Gasteiger partial charge in [0.05, 0.1) is 23.1 Å². The lowest BCUT2D eigenvalue weighted by Crippen LogP contribution is -2.21. The van der Waals surface area contributed by atoms with Crippen LogP contribution < -0.4 is 10.9 Å². The van der Waals surface area contributed by atoms with Crippen LogP contribution in [0.15, 0.2) is 53.3 Å². The predicted molar refractivity (Wildman–Crippen MR) is 92.7 cm³/mol. The zero-order chi connectivity index (χ0) is 17.8. The molecule has 0 atom stereocenters. The van der Waals surface area contributed by atoms with E-state index >= 15 is 0 Å². The Hall–Kier alpha value is -3.48. The second-order valence-corrected chi connectivity index (χ2v) is 5.18. The van der Waals surface area contributed by atoms with Crippen LogP contribution in [0.4, 0.5) is 5.69 Å². The molecule has 0 aliphatic carbocycles. The first-order valence-corrected chi connectivity index (χ1v) is 7.66. The maximum absolute atomic E-state index is 12.3. The van der Waals surface area contributed by atoms with E-state index in [1.165, 1.54) is 0 Å². The van der Waals surface area contributed by atoms with Gasteiger partial charge in [0, 0.05) is 5.69 Å². The minimum absolute atomic E-state index is 0.0850. The molecule has 7 heteroatoms. The molecular weight excluding hydrogens is 322 g/mol. The molecule has 0 aliphatic rings. The molecule has 126 valence electrons. The first kappa shape index (κ1) is 16.4. The minimum Gasteiger partial charge on any atom is -0.462 e. The topological polar surface area (TPSA) is 101 Å². The SMILES string of the molecule is CCOC(=O)c1ccc(NC(=O)c2nc3ccccc3c(=O)[nH]2)cc1. The number of para-hydroxylation sites is 1. The van der Waals surface area contributed by atoms with Crippen LogP contribution in [0.25, 0.3) is 10.9 Å². The van der Waals surface area contributed by atoms with Crippen LogP contribution in [0.1, 0.15) is 27.9 Å². The zero-order valence-corrected chi connectivity index (χ0v) is 13.4. The van der Waals surface area contributed by atoms with E-state index in [0.717, 1.165) is 0 Å². The highest BCUT2D eigenvalue weighted by molar-refractivity contribution is 6.02. The summed E-state index contributed by atoms with van der Waals surface area (Å²) in [6.45, 7) is 2.02. The second kappa shape index (κ2) is 6.96. The van der Waals surface area contributed by atoms with Gasteiger partial charge in [-0.15, -0.1) is 0 Å². The van der Waals surface area contributed by atoms with Crippen molar-refractivity contribution in [3.8, 4) is 0 Å². The molecule has 3 aromatic rings. The molecule has 0 saturated heterocycles. The third-order valence-corrected chi connectivity index (χ3v) is 3.48. The molecule has 0 radical (unpaired) electrons. The average Bonchev–Trinajstić information content (AvgIpc) is 2.62. The monoisotopic (exact) mass is 337 g/mol. The van der Waals surface area contributed by atoms with E-state index in [0.29, 0.717) is 22.2 Å². The fraction of sp³-hybridized carbons (Fsp3) is 0.111. The number of carbonyl (C=O) groups excluding carboxylic acids is 2. The second-order valence-electron chi connectivity index (χ2n) is 5.18. The molecule has 0 saturated carbocycles. The smallest absolute Gasteiger partial charge is 0.338 e. The summed E-state index contributed by atoms with van der Waals surface area (Å²) in [5, 5.41) is 3.04. The Kier molecular flexibility index (Phi) is 4.56. The molecule has 1 heterocycles. The summed E-state index contributed by atoms with van der Waals surface area (Å²) in [4.78, 5) is 42.5. The first-order valence-electron chi connectivity index (χ1n) is 7.66. The third-order valence-electron chi connectivity index (χ3n) is 3.48. The number of benzene rings is 2. The molecule has 0 bridgehead atoms. The van der Waals surface area contributed by atoms with Gasteiger partial charge >= 0.3 is 5.97 Å². The number of ether oxygens (including phenoxy) is 1. The molecule has 0 spiro atoms. The molecule has 2 aromatic carbocycles. The number of fused-ring (bicyclic) bond motifs is 1. The number of esters is 1. The van der Waals surface area contributed by atoms with E-state index < -0.39 is 11.9 Å². The van der Waals surface area contributed by atoms with E-state index in [9.17, 15) is 14.4 Å². The van der Waals surface area contributed by atoms with Crippen molar-refractivity contribution in [1.29, 1.82) is 0 Å². The normalized spacial score (nSPS) is 10.4. The van der Waals surface area contributed by atoms with E-state index in [1.807, 2.05) is 0 Å². The Balaban J connectivity index is 1.80. The maximum Gasteiger partial charge on any atom is 0.338 e. The maximum atomic E-state index is 12.3. The largest absolute Gasteiger partial charge is 0.462 e. The summed E-state index contributed by atoms with van der Waals surface area (Å²) in [5.74, 6) is -1.06. The van der Waals surface area contributed by atoms with Gasteiger partial charge in [-0.3, -0.25) is 9.59 Å². The van der Waals surface area contributed by atoms with Crippen molar-refractivity contribution in [2.75, 3.05) is 11.9 Å². The summed E-state index contributed by atoms with van der Waals surface area (Å²) < 4.78 is 4.90. The van der Waals surface area contributed by atoms with Gasteiger partial charge in [-0.1, -0.05) is 12.1 Å². The fourth-order valence-electron chi connectivity index (χ4n) is 2.29. The van der Waals surface area contributed by atoms with Crippen molar-refractivity contribution >= 4 is 28.5 Å². The lowest BCUT2D eigenvalue weighted by molar-refractivity contribution is 0.0526. The van der Waals surface area contributed by atoms with E-state index in [2.05, 4.69) is 15.3 Å². The molecule has 7 nitrogen and oxygen atoms in total. The standard InChI is InChI=1S/C18H15N3O4/c1-2-25-18(24)11-7-9-12(10-8-11)19-17(23)15-20-14-6-4-3-5-13(14)16(22)21-15/h3-10H,2H2,1H3,(H,19,23)(H,20,21,22). The highest BCUT2D eigenvalue weighted by Crippen LogP contribution is 2.12. The number of nitrogens with one attached hydrogen (secondary N) is 2. The number of nitrogens with zero attached hydrogens (tertiary/aromatic N) is 1. The Morgan fingerprint density at radius 3 is 2.56 bits per heavy atom. The van der Waals surface area contributed by atoms with Gasteiger partial charge in [0.25, 0.3) is 11.5 Å². The molecule has 25 heavy (non-hydrogen) atoms. The number of carbonyl (C=O) groups is 2. The molecule has 0 unspecified atom stereocenters. The summed E-state index contributed by atoms with van der Waals surface area (Å²) in [5.41, 5.74) is 0.911. The van der Waals surface area contributed by atoms with Crippen LogP contribution in [-0.2, 0) is 4.74 Å². The van der Waals surface area contributed by atoms with Crippen LogP contribution >= 0.6 is 0 Å². The predicted octanol–water partition coefficient (Wildman–Crippen LogP) is 2.35. The molecule has 0 fully saturated rings. The van der Waals surface area contributed by atoms with Gasteiger partial charge in [0.15, 0.2) is 5.82 Å². The molecule has 1 aromatic heterocycles. The number of rotatable bonds is 4. The van der Waals surface area contributed by atoms with E-state index in [1.54, 1.807) is 55.5 Å². The first-order chi connectivity index (χ1) is 12.1. The number of amides is 1. The molecular formula is C18H15N3O4. The average molecular weight is 337 g/mol. The highest BCUT2D eigenvalue weighted by Gasteiger charge is 2.12. The number of anilines is 1. The van der Waals surface area contributed by atoms with Gasteiger partial charge < -0.3 is 15.0 Å². The summed E-state index contributed by atoms with van der Waals surface area (Å²) in [6, 6.07) is 13.0. The van der Waals surface area contributed by atoms with Crippen molar-refractivity contribution in [3.05, 3.63) is 70.3 Å². The third kappa shape index (κ3) is 3.55. The van der Waals surface area contributed by atoms with Crippen LogP contribution in [-0.4, -0.2) is 28.5 Å². The van der Waals surface area contributed by atoms with Crippen LogP contribution in [0.3, 0.4) is 0 Å². The minimum atomic E-state index is -0.549. The Morgan fingerprint density at radius 2 is 1.84 bits per heavy atom. The van der Waals surface area contributed by atoms with E-state index in [-0.39, 0.29) is 18.0 Å². The van der Waals surface area contributed by atoms with Crippen LogP contribution in [0.2, 0.25) is 0 Å². The Labute approximate surface area is 142 Å². The van der Waals surface area contributed by atoms with Gasteiger partial charge in [-0.05, 0) is 43.3 Å². The van der Waals surface area contributed by atoms with Crippen molar-refractivity contribution < 1.29 is 14.3 Å². The fourth-order valence-corrected chi connectivity index (χ4v) is 2.29. The number of hydrogen-bond acceptors (Lipinski definition) is 5. The quantitative estimate of drug-likeness (QED) is 0.712. The lowest BCUT2D eigenvalue weighted by Gasteiger charge is -2.06.